The summed E-state index contributed by atoms with van der Waals surface area (Å²) in [5.74, 6) is -0.464. The summed E-state index contributed by atoms with van der Waals surface area (Å²) in [6, 6.07) is 33.7. The monoisotopic (exact) mass is 1800 g/mol. The molecule has 4 N–H and O–H groups in total. The van der Waals surface area contributed by atoms with Crippen LogP contribution in [0.2, 0.25) is 0 Å². The van der Waals surface area contributed by atoms with Crippen LogP contribution in [0.15, 0.2) is 340 Å². The van der Waals surface area contributed by atoms with Crippen LogP contribution in [0, 0.1) is 17.8 Å². The summed E-state index contributed by atoms with van der Waals surface area (Å²) in [6.45, 7) is 54.3. The van der Waals surface area contributed by atoms with Gasteiger partial charge in [0.2, 0.25) is 0 Å². The maximum atomic E-state index is 15.5. The van der Waals surface area contributed by atoms with Crippen LogP contribution in [0.5, 0.6) is 0 Å². The molecule has 10 nitrogen and oxygen atoms in total. The molecular weight excluding hydrogens is 1660 g/mol. The van der Waals surface area contributed by atoms with Gasteiger partial charge in [-0.3, -0.25) is 14.4 Å². The summed E-state index contributed by atoms with van der Waals surface area (Å²) in [7, 11) is 0. The second-order valence-electron chi connectivity index (χ2n) is 39.0. The van der Waals surface area contributed by atoms with Gasteiger partial charge in [0.05, 0.1) is 39.4 Å². The van der Waals surface area contributed by atoms with E-state index in [0.717, 1.165) is 163 Å². The minimum atomic E-state index is -0.865. The number of fused-ring (bicyclic) bond motifs is 7. The van der Waals surface area contributed by atoms with Crippen molar-refractivity contribution < 1.29 is 14.4 Å². The van der Waals surface area contributed by atoms with Crippen molar-refractivity contribution in [3.63, 3.8) is 0 Å². The third-order valence-electron chi connectivity index (χ3n) is 28.0. The number of nitrogens with zero attached hydrogens (tertiary/aromatic N) is 3. The van der Waals surface area contributed by atoms with Gasteiger partial charge in [0.15, 0.2) is 0 Å². The lowest BCUT2D eigenvalue weighted by Crippen LogP contribution is -2.42. The zero-order valence-electron chi connectivity index (χ0n) is 84.7. The van der Waals surface area contributed by atoms with E-state index in [-0.39, 0.29) is 28.6 Å². The van der Waals surface area contributed by atoms with Crippen molar-refractivity contribution in [3.8, 4) is 22.3 Å². The molecule has 0 saturated carbocycles. The zero-order valence-corrected chi connectivity index (χ0v) is 84.7. The lowest BCUT2D eigenvalue weighted by atomic mass is 9.64. The highest BCUT2D eigenvalue weighted by Crippen LogP contribution is 2.70. The van der Waals surface area contributed by atoms with Gasteiger partial charge in [-0.15, -0.1) is 0 Å². The van der Waals surface area contributed by atoms with Gasteiger partial charge in [0.1, 0.15) is 0 Å². The predicted molar refractivity (Wildman–Crippen MR) is 584 cm³/mol. The van der Waals surface area contributed by atoms with Crippen molar-refractivity contribution >= 4 is 85.7 Å². The first-order valence-electron chi connectivity index (χ1n) is 49.1. The van der Waals surface area contributed by atoms with Crippen molar-refractivity contribution in [2.24, 2.45) is 10.8 Å². The highest BCUT2D eigenvalue weighted by atomic mass is 16.2. The van der Waals surface area contributed by atoms with Crippen molar-refractivity contribution in [2.75, 3.05) is 23.7 Å². The van der Waals surface area contributed by atoms with E-state index in [1.54, 1.807) is 0 Å². The number of aromatic nitrogens is 4. The van der Waals surface area contributed by atoms with Gasteiger partial charge in [-0.1, -0.05) is 329 Å². The molecule has 2 aromatic heterocycles. The molecule has 698 valence electrons. The molecule has 0 unspecified atom stereocenters. The van der Waals surface area contributed by atoms with Crippen molar-refractivity contribution in [1.82, 2.24) is 24.8 Å². The van der Waals surface area contributed by atoms with E-state index in [9.17, 15) is 9.59 Å². The van der Waals surface area contributed by atoms with E-state index in [4.69, 9.17) is 16.5 Å². The summed E-state index contributed by atoms with van der Waals surface area (Å²) in [6.07, 6.45) is 69.9. The standard InChI is InChI=1S/C126H141N7O3/c1-24-103-91(16)115-111(97-63-67-99(68-64-97)121(134)127-101-71-59-95(60-72-101)57-53-85(10)47-33-43-81(6)39-29-31-41-83(8)45-35-49-87(12)55-75-107-89(14)51-37-77-124(107,20)21)117-93(18)105(26-3)119(131-117)113-106-80-126(114(106)123(136)133(27-4)28-5)94(19)118(132-120(113)126)112(116-92(17)104(25-2)110(130-116)79-109(103)129-115)98-65-69-100(70-66-98)122(135)128-102-73-61-96(62-74-102)58-54-86(11)48-34-44-82(7)40-30-32-42-84(9)46-36-50-88(13)56-76-108-90(15)52-38-78-125(108,22)23/h29-36,39-50,53-76,79,129,132H,19,24-28,37-38,51-52,77-78,80H2,1-18,20-23H3,(H,127,134)(H,128,135)/b31-29+,32-30+,43-33+,44-34+,45-35+,46-36+,57-53+,58-54+,75-55+,76-56+,81-39+,82-40+,83-41+,84-42+,85-47+,86-48+,87-49+,88-50+,110-79?,117-111?,118-112?/t126-/m0/s1. The number of aryl methyl sites for hydroxylation is 2. The number of carbonyl (C=O) groups excluding carboxylic acids is 3. The molecule has 0 fully saturated rings. The number of hydrogen-bond donors (Lipinski definition) is 4. The number of H-pyrrole nitrogens is 2. The number of amides is 3. The van der Waals surface area contributed by atoms with E-state index < -0.39 is 5.41 Å². The third-order valence-corrected chi connectivity index (χ3v) is 28.0. The van der Waals surface area contributed by atoms with E-state index in [0.29, 0.717) is 54.9 Å². The van der Waals surface area contributed by atoms with Gasteiger partial charge >= 0.3 is 0 Å². The molecule has 10 heteroatoms. The Labute approximate surface area is 811 Å². The highest BCUT2D eigenvalue weighted by Gasteiger charge is 2.63. The Kier molecular flexibility index (Phi) is 32.5. The molecule has 3 aliphatic heterocycles. The van der Waals surface area contributed by atoms with Gasteiger partial charge in [-0.25, -0.2) is 9.97 Å². The van der Waals surface area contributed by atoms with Gasteiger partial charge in [0.25, 0.3) is 17.7 Å². The van der Waals surface area contributed by atoms with Crippen LogP contribution >= 0.6 is 0 Å². The van der Waals surface area contributed by atoms with Crippen molar-refractivity contribution in [3.05, 3.63) is 413 Å². The number of aromatic amines is 2. The summed E-state index contributed by atoms with van der Waals surface area (Å²) in [4.78, 5) is 65.9. The van der Waals surface area contributed by atoms with E-state index >= 15 is 4.79 Å². The average molecular weight is 1800 g/mol. The van der Waals surface area contributed by atoms with Crippen LogP contribution in [-0.2, 0) is 16.6 Å². The fraction of sp³-hybridized carbons (Fsp3) is 0.294. The van der Waals surface area contributed by atoms with Crippen LogP contribution in [0.25, 0.3) is 78.9 Å². The Balaban J connectivity index is 0.723. The molecule has 1 spiro atoms. The quantitative estimate of drug-likeness (QED) is 0.0312. The summed E-state index contributed by atoms with van der Waals surface area (Å²) >= 11 is 0. The third kappa shape index (κ3) is 22.6. The Bertz CT molecular complexity index is 6710. The van der Waals surface area contributed by atoms with E-state index in [2.05, 4.69) is 335 Å². The van der Waals surface area contributed by atoms with Gasteiger partial charge < -0.3 is 25.5 Å². The SMILES string of the molecule is C=C1c2[nH]c3c(c4nc(c(-c5ccc(C(=O)Nc6ccc(/C=C/C(C)=C/C=C/C(C)=C/C=C/C=C(C)/C=C/C=C(C)/C=C/C7=C(C)CCCC7(C)C)cc6)cc5)c5[nH]c(cc6nc(c2-c2ccc(C(=O)Nc7ccc(/C=C/C(C)=C/C=C/C(C)=C/C=C/C=C(C)/C=C/C=C(C)/C=C/C8=C(C)CCCC8(C)C)cc7)cc2)C(C)=C6CC)c(CC)c5C)C(C)=C4CC)C2=C(C(=O)N(CC)CC)[C@]13C2. The van der Waals surface area contributed by atoms with Crippen LogP contribution in [-0.4, -0.2) is 55.6 Å². The number of anilines is 2. The molecule has 3 amide bonds. The van der Waals surface area contributed by atoms with Crippen LogP contribution in [0.4, 0.5) is 11.4 Å². The fourth-order valence-electron chi connectivity index (χ4n) is 20.1. The molecule has 14 rings (SSSR count). The number of carbonyl (C=O) groups is 3. The normalized spacial score (nSPS) is 18.0. The molecule has 10 bridgehead atoms. The molecule has 1 atom stereocenters. The van der Waals surface area contributed by atoms with Gasteiger partial charge in [-0.2, -0.15) is 0 Å². The minimum Gasteiger partial charge on any atom is -0.356 e. The molecule has 136 heavy (non-hydrogen) atoms. The summed E-state index contributed by atoms with van der Waals surface area (Å²) < 4.78 is 0. The molecule has 4 aromatic carbocycles. The highest BCUT2D eigenvalue weighted by molar-refractivity contribution is 6.19. The molecule has 8 aliphatic rings. The number of hydrogen-bond acceptors (Lipinski definition) is 5. The first-order chi connectivity index (χ1) is 65.2. The average Bonchev–Trinajstić information content (AvgIpc) is 1.48. The summed E-state index contributed by atoms with van der Waals surface area (Å²) in [5, 5.41) is 6.33. The van der Waals surface area contributed by atoms with E-state index in [1.165, 1.54) is 83.1 Å². The molecule has 6 aromatic rings. The van der Waals surface area contributed by atoms with Crippen molar-refractivity contribution in [2.45, 2.75) is 222 Å². The first-order valence-corrected chi connectivity index (χ1v) is 49.1. The Morgan fingerprint density at radius 2 is 0.846 bits per heavy atom. The van der Waals surface area contributed by atoms with Crippen LogP contribution in [0.3, 0.4) is 0 Å². The molecular formula is C126H141N7O3. The lowest BCUT2D eigenvalue weighted by Gasteiger charge is -2.39. The number of allylic oxidation sites excluding steroid dienone is 44. The number of benzene rings is 4. The zero-order chi connectivity index (χ0) is 97.5. The molecule has 0 saturated heterocycles. The predicted octanol–water partition coefficient (Wildman–Crippen LogP) is 33.5. The smallest absolute Gasteiger partial charge is 0.255 e. The van der Waals surface area contributed by atoms with E-state index in [1.807, 2.05) is 116 Å². The van der Waals surface area contributed by atoms with Crippen LogP contribution in [0.1, 0.15) is 286 Å². The fourth-order valence-corrected chi connectivity index (χ4v) is 20.1. The molecule has 5 heterocycles. The maximum Gasteiger partial charge on any atom is 0.255 e. The largest absolute Gasteiger partial charge is 0.356 e. The number of nitrogens with one attached hydrogen (secondary N) is 4. The topological polar surface area (TPSA) is 136 Å². The maximum absolute atomic E-state index is 15.5. The Morgan fingerprint density at radius 3 is 1.26 bits per heavy atom. The summed E-state index contributed by atoms with van der Waals surface area (Å²) in [5.41, 5.74) is 39.7. The lowest BCUT2D eigenvalue weighted by molar-refractivity contribution is -0.127. The molecule has 0 radical (unpaired) electrons. The molecule has 5 aliphatic carbocycles. The van der Waals surface area contributed by atoms with Crippen molar-refractivity contribution in [1.29, 1.82) is 0 Å². The second-order valence-corrected chi connectivity index (χ2v) is 39.0. The van der Waals surface area contributed by atoms with Gasteiger partial charge in [-0.05, 0) is 311 Å². The Morgan fingerprint density at radius 1 is 0.449 bits per heavy atom. The second kappa shape index (κ2) is 44.3. The van der Waals surface area contributed by atoms with Gasteiger partial charge in [0, 0.05) is 69.1 Å². The Hall–Kier alpha value is -13.6. The minimum absolute atomic E-state index is 0.00547. The number of likely N-dealkylation sites (N-methyl/N-ethyl adjacent to an activating group) is 1. The van der Waals surface area contributed by atoms with Crippen LogP contribution < -0.4 is 10.6 Å². The first kappa shape index (κ1) is 99.9. The number of rotatable bonds is 32.